The Morgan fingerprint density at radius 2 is 1.56 bits per heavy atom. The molecule has 0 aromatic rings. The molecule has 1 rings (SSSR count). The molecule has 0 saturated carbocycles. The Balaban J connectivity index is 2.45. The summed E-state index contributed by atoms with van der Waals surface area (Å²) in [5.41, 5.74) is 0. The first kappa shape index (κ1) is 12.5. The smallest absolute Gasteiger partial charge is 0.319 e. The summed E-state index contributed by atoms with van der Waals surface area (Å²) in [6, 6.07) is 0.0122. The SMILES string of the molecule is CC=CC(=O)N1CCN(C(=O)N(C)C)CC1. The molecule has 1 aliphatic heterocycles. The van der Waals surface area contributed by atoms with Crippen LogP contribution in [0, 0.1) is 0 Å². The molecule has 1 fully saturated rings. The van der Waals surface area contributed by atoms with Gasteiger partial charge < -0.3 is 14.7 Å². The fourth-order valence-electron chi connectivity index (χ4n) is 1.65. The Hall–Kier alpha value is -1.52. The van der Waals surface area contributed by atoms with Gasteiger partial charge in [-0.2, -0.15) is 0 Å². The number of urea groups is 1. The predicted molar refractivity (Wildman–Crippen MR) is 62.1 cm³/mol. The van der Waals surface area contributed by atoms with E-state index in [1.807, 2.05) is 6.92 Å². The molecule has 0 N–H and O–H groups in total. The van der Waals surface area contributed by atoms with Gasteiger partial charge in [0.15, 0.2) is 0 Å². The molecule has 90 valence electrons. The zero-order chi connectivity index (χ0) is 12.1. The van der Waals surface area contributed by atoms with Crippen molar-refractivity contribution in [1.82, 2.24) is 14.7 Å². The van der Waals surface area contributed by atoms with Gasteiger partial charge >= 0.3 is 6.03 Å². The summed E-state index contributed by atoms with van der Waals surface area (Å²) in [6.45, 7) is 4.27. The number of hydrogen-bond donors (Lipinski definition) is 0. The highest BCUT2D eigenvalue weighted by Gasteiger charge is 2.23. The standard InChI is InChI=1S/C11H19N3O2/c1-4-5-10(15)13-6-8-14(9-7-13)11(16)12(2)3/h4-5H,6-9H2,1-3H3. The lowest BCUT2D eigenvalue weighted by Gasteiger charge is -2.35. The van der Waals surface area contributed by atoms with Gasteiger partial charge in [0.1, 0.15) is 0 Å². The van der Waals surface area contributed by atoms with E-state index < -0.39 is 0 Å². The number of rotatable bonds is 1. The van der Waals surface area contributed by atoms with E-state index in [2.05, 4.69) is 0 Å². The second-order valence-corrected chi connectivity index (χ2v) is 3.99. The first-order chi connectivity index (χ1) is 7.56. The van der Waals surface area contributed by atoms with E-state index in [0.717, 1.165) is 0 Å². The fourth-order valence-corrected chi connectivity index (χ4v) is 1.65. The molecule has 1 aliphatic rings. The van der Waals surface area contributed by atoms with Gasteiger partial charge in [0.2, 0.25) is 5.91 Å². The first-order valence-corrected chi connectivity index (χ1v) is 5.44. The lowest BCUT2D eigenvalue weighted by atomic mass is 10.3. The third-order valence-electron chi connectivity index (χ3n) is 2.55. The monoisotopic (exact) mass is 225 g/mol. The molecule has 0 bridgehead atoms. The Bertz CT molecular complexity index is 292. The van der Waals surface area contributed by atoms with E-state index >= 15 is 0 Å². The summed E-state index contributed by atoms with van der Waals surface area (Å²) in [5.74, 6) is 0.0273. The number of allylic oxidation sites excluding steroid dienone is 1. The minimum Gasteiger partial charge on any atom is -0.336 e. The van der Waals surface area contributed by atoms with E-state index in [4.69, 9.17) is 0 Å². The molecule has 0 aromatic heterocycles. The van der Waals surface area contributed by atoms with Crippen LogP contribution < -0.4 is 0 Å². The summed E-state index contributed by atoms with van der Waals surface area (Å²) >= 11 is 0. The van der Waals surface area contributed by atoms with Crippen LogP contribution in [0.5, 0.6) is 0 Å². The van der Waals surface area contributed by atoms with E-state index in [0.29, 0.717) is 26.2 Å². The maximum atomic E-state index is 11.6. The van der Waals surface area contributed by atoms with Crippen LogP contribution in [0.15, 0.2) is 12.2 Å². The van der Waals surface area contributed by atoms with Crippen molar-refractivity contribution >= 4 is 11.9 Å². The molecule has 1 saturated heterocycles. The van der Waals surface area contributed by atoms with Gasteiger partial charge in [0.25, 0.3) is 0 Å². The molecule has 0 aromatic carbocycles. The number of carbonyl (C=O) groups excluding carboxylic acids is 2. The van der Waals surface area contributed by atoms with E-state index in [9.17, 15) is 9.59 Å². The largest absolute Gasteiger partial charge is 0.336 e. The molecule has 1 heterocycles. The first-order valence-electron chi connectivity index (χ1n) is 5.44. The summed E-state index contributed by atoms with van der Waals surface area (Å²) in [5, 5.41) is 0. The Morgan fingerprint density at radius 3 is 2.00 bits per heavy atom. The maximum absolute atomic E-state index is 11.6. The highest BCUT2D eigenvalue weighted by molar-refractivity contribution is 5.87. The number of nitrogens with zero attached hydrogens (tertiary/aromatic N) is 3. The predicted octanol–water partition coefficient (Wildman–Crippen LogP) is 0.388. The van der Waals surface area contributed by atoms with Gasteiger partial charge in [-0.05, 0) is 13.0 Å². The van der Waals surface area contributed by atoms with Crippen molar-refractivity contribution in [3.63, 3.8) is 0 Å². The van der Waals surface area contributed by atoms with Crippen molar-refractivity contribution in [3.05, 3.63) is 12.2 Å². The van der Waals surface area contributed by atoms with Crippen LogP contribution in [-0.2, 0) is 4.79 Å². The number of piperazine rings is 1. The average Bonchev–Trinajstić information content (AvgIpc) is 2.28. The van der Waals surface area contributed by atoms with Crippen LogP contribution in [0.2, 0.25) is 0 Å². The van der Waals surface area contributed by atoms with Crippen LogP contribution in [0.25, 0.3) is 0 Å². The minimum absolute atomic E-state index is 0.0122. The maximum Gasteiger partial charge on any atom is 0.319 e. The van der Waals surface area contributed by atoms with Crippen LogP contribution >= 0.6 is 0 Å². The molecule has 0 unspecified atom stereocenters. The summed E-state index contributed by atoms with van der Waals surface area (Å²) in [4.78, 5) is 28.3. The van der Waals surface area contributed by atoms with Crippen molar-refractivity contribution in [2.45, 2.75) is 6.92 Å². The van der Waals surface area contributed by atoms with E-state index in [1.165, 1.54) is 0 Å². The van der Waals surface area contributed by atoms with Gasteiger partial charge in [-0.1, -0.05) is 6.08 Å². The highest BCUT2D eigenvalue weighted by Crippen LogP contribution is 2.04. The van der Waals surface area contributed by atoms with Crippen molar-refractivity contribution in [1.29, 1.82) is 0 Å². The molecule has 5 heteroatoms. The molecule has 0 radical (unpaired) electrons. The zero-order valence-electron chi connectivity index (χ0n) is 10.1. The van der Waals surface area contributed by atoms with Crippen LogP contribution in [0.3, 0.4) is 0 Å². The molecular weight excluding hydrogens is 206 g/mol. The van der Waals surface area contributed by atoms with Gasteiger partial charge in [-0.15, -0.1) is 0 Å². The van der Waals surface area contributed by atoms with Gasteiger partial charge in [-0.3, -0.25) is 4.79 Å². The van der Waals surface area contributed by atoms with E-state index in [-0.39, 0.29) is 11.9 Å². The summed E-state index contributed by atoms with van der Waals surface area (Å²) < 4.78 is 0. The molecule has 0 spiro atoms. The lowest BCUT2D eigenvalue weighted by Crippen LogP contribution is -2.52. The summed E-state index contributed by atoms with van der Waals surface area (Å²) in [6.07, 6.45) is 3.29. The Morgan fingerprint density at radius 1 is 1.06 bits per heavy atom. The van der Waals surface area contributed by atoms with Gasteiger partial charge in [-0.25, -0.2) is 4.79 Å². The third kappa shape index (κ3) is 2.98. The van der Waals surface area contributed by atoms with Crippen molar-refractivity contribution in [2.75, 3.05) is 40.3 Å². The number of amides is 3. The molecule has 16 heavy (non-hydrogen) atoms. The Kier molecular flexibility index (Phi) is 4.34. The third-order valence-corrected chi connectivity index (χ3v) is 2.55. The van der Waals surface area contributed by atoms with Crippen LogP contribution in [0.1, 0.15) is 6.92 Å². The fraction of sp³-hybridized carbons (Fsp3) is 0.636. The second-order valence-electron chi connectivity index (χ2n) is 3.99. The molecule has 0 atom stereocenters. The zero-order valence-corrected chi connectivity index (χ0v) is 10.1. The van der Waals surface area contributed by atoms with Crippen molar-refractivity contribution in [2.24, 2.45) is 0 Å². The second kappa shape index (κ2) is 5.53. The lowest BCUT2D eigenvalue weighted by molar-refractivity contribution is -0.127. The Labute approximate surface area is 96.3 Å². The summed E-state index contributed by atoms with van der Waals surface area (Å²) in [7, 11) is 3.47. The quantitative estimate of drug-likeness (QED) is 0.606. The van der Waals surface area contributed by atoms with Crippen molar-refractivity contribution < 1.29 is 9.59 Å². The molecular formula is C11H19N3O2. The highest BCUT2D eigenvalue weighted by atomic mass is 16.2. The van der Waals surface area contributed by atoms with Crippen LogP contribution in [-0.4, -0.2) is 66.9 Å². The normalized spacial score (nSPS) is 16.7. The molecule has 3 amide bonds. The van der Waals surface area contributed by atoms with E-state index in [1.54, 1.807) is 40.9 Å². The van der Waals surface area contributed by atoms with Crippen LogP contribution in [0.4, 0.5) is 4.79 Å². The van der Waals surface area contributed by atoms with Gasteiger partial charge in [0.05, 0.1) is 0 Å². The van der Waals surface area contributed by atoms with Crippen molar-refractivity contribution in [3.8, 4) is 0 Å². The molecule has 5 nitrogen and oxygen atoms in total. The number of carbonyl (C=O) groups is 2. The number of hydrogen-bond acceptors (Lipinski definition) is 2. The molecule has 0 aliphatic carbocycles. The minimum atomic E-state index is 0.0122. The average molecular weight is 225 g/mol. The topological polar surface area (TPSA) is 43.9 Å². The van der Waals surface area contributed by atoms with Gasteiger partial charge in [0, 0.05) is 40.3 Å².